The van der Waals surface area contributed by atoms with Gasteiger partial charge < -0.3 is 19.8 Å². The third-order valence-corrected chi connectivity index (χ3v) is 3.10. The van der Waals surface area contributed by atoms with Gasteiger partial charge in [0, 0.05) is 5.69 Å². The first-order chi connectivity index (χ1) is 9.17. The van der Waals surface area contributed by atoms with Crippen LogP contribution in [0.4, 0.5) is 5.69 Å². The van der Waals surface area contributed by atoms with Crippen LogP contribution in [0.2, 0.25) is 0 Å². The van der Waals surface area contributed by atoms with Crippen molar-refractivity contribution in [2.75, 3.05) is 5.73 Å². The average molecular weight is 257 g/mol. The standard InChI is InChI=1S/C14H15N3O2/c1-9-2-4-11(19-9)7-17-13-5-3-10(15)6-12(13)16-14(17)8-18/h2-6,18H,7-8,15H2,1H3. The predicted octanol–water partition coefficient (Wildman–Crippen LogP) is 2.06. The number of fused-ring (bicyclic) bond motifs is 1. The van der Waals surface area contributed by atoms with Crippen LogP contribution in [0, 0.1) is 6.92 Å². The molecule has 5 heteroatoms. The molecule has 2 aromatic heterocycles. The fourth-order valence-corrected chi connectivity index (χ4v) is 2.22. The van der Waals surface area contributed by atoms with Crippen LogP contribution in [0.3, 0.4) is 0 Å². The van der Waals surface area contributed by atoms with Gasteiger partial charge in [-0.25, -0.2) is 4.98 Å². The maximum Gasteiger partial charge on any atom is 0.136 e. The summed E-state index contributed by atoms with van der Waals surface area (Å²) >= 11 is 0. The number of imidazole rings is 1. The Balaban J connectivity index is 2.10. The number of hydrogen-bond acceptors (Lipinski definition) is 4. The Morgan fingerprint density at radius 1 is 1.32 bits per heavy atom. The summed E-state index contributed by atoms with van der Waals surface area (Å²) in [5, 5.41) is 9.43. The van der Waals surface area contributed by atoms with Crippen molar-refractivity contribution in [1.82, 2.24) is 9.55 Å². The van der Waals surface area contributed by atoms with E-state index >= 15 is 0 Å². The zero-order valence-corrected chi connectivity index (χ0v) is 10.6. The van der Waals surface area contributed by atoms with E-state index in [0.29, 0.717) is 18.1 Å². The fraction of sp³-hybridized carbons (Fsp3) is 0.214. The van der Waals surface area contributed by atoms with Crippen molar-refractivity contribution < 1.29 is 9.52 Å². The molecule has 0 fully saturated rings. The Morgan fingerprint density at radius 2 is 2.16 bits per heavy atom. The molecule has 3 aromatic rings. The number of aliphatic hydroxyl groups is 1. The summed E-state index contributed by atoms with van der Waals surface area (Å²) in [6.07, 6.45) is 0. The number of hydrogen-bond donors (Lipinski definition) is 2. The highest BCUT2D eigenvalue weighted by molar-refractivity contribution is 5.79. The van der Waals surface area contributed by atoms with E-state index in [-0.39, 0.29) is 6.61 Å². The zero-order valence-electron chi connectivity index (χ0n) is 10.6. The van der Waals surface area contributed by atoms with Crippen LogP contribution in [0.15, 0.2) is 34.7 Å². The molecule has 0 aliphatic rings. The summed E-state index contributed by atoms with van der Waals surface area (Å²) in [6, 6.07) is 9.39. The first-order valence-electron chi connectivity index (χ1n) is 6.08. The molecule has 0 aliphatic heterocycles. The van der Waals surface area contributed by atoms with Crippen LogP contribution in [-0.4, -0.2) is 14.7 Å². The van der Waals surface area contributed by atoms with Crippen LogP contribution in [0.25, 0.3) is 11.0 Å². The van der Waals surface area contributed by atoms with Crippen LogP contribution in [0.5, 0.6) is 0 Å². The van der Waals surface area contributed by atoms with Gasteiger partial charge in [-0.1, -0.05) is 0 Å². The molecule has 0 atom stereocenters. The van der Waals surface area contributed by atoms with Gasteiger partial charge in [0.25, 0.3) is 0 Å². The quantitative estimate of drug-likeness (QED) is 0.704. The molecule has 0 saturated heterocycles. The molecule has 0 unspecified atom stereocenters. The van der Waals surface area contributed by atoms with Crippen LogP contribution >= 0.6 is 0 Å². The van der Waals surface area contributed by atoms with E-state index < -0.39 is 0 Å². The molecule has 1 aromatic carbocycles. The molecular weight excluding hydrogens is 242 g/mol. The maximum atomic E-state index is 9.43. The van der Waals surface area contributed by atoms with Crippen molar-refractivity contribution in [1.29, 1.82) is 0 Å². The van der Waals surface area contributed by atoms with Gasteiger partial charge in [-0.3, -0.25) is 0 Å². The van der Waals surface area contributed by atoms with E-state index in [1.54, 1.807) is 6.07 Å². The van der Waals surface area contributed by atoms with E-state index in [1.807, 2.05) is 35.8 Å². The molecule has 0 saturated carbocycles. The van der Waals surface area contributed by atoms with E-state index in [0.717, 1.165) is 22.6 Å². The first-order valence-corrected chi connectivity index (χ1v) is 6.08. The van der Waals surface area contributed by atoms with Crippen molar-refractivity contribution in [3.63, 3.8) is 0 Å². The lowest BCUT2D eigenvalue weighted by Crippen LogP contribution is -2.04. The Kier molecular flexibility index (Phi) is 2.76. The number of nitrogens with two attached hydrogens (primary N) is 1. The molecule has 5 nitrogen and oxygen atoms in total. The zero-order chi connectivity index (χ0) is 13.4. The number of aryl methyl sites for hydroxylation is 1. The van der Waals surface area contributed by atoms with E-state index in [1.165, 1.54) is 0 Å². The molecule has 0 spiro atoms. The second-order valence-corrected chi connectivity index (χ2v) is 4.53. The van der Waals surface area contributed by atoms with Crippen molar-refractivity contribution in [3.05, 3.63) is 47.7 Å². The minimum atomic E-state index is -0.117. The van der Waals surface area contributed by atoms with Gasteiger partial charge in [-0.2, -0.15) is 0 Å². The predicted molar refractivity (Wildman–Crippen MR) is 72.6 cm³/mol. The molecular formula is C14H15N3O2. The summed E-state index contributed by atoms with van der Waals surface area (Å²) in [5.41, 5.74) is 8.13. The number of nitrogens with zero attached hydrogens (tertiary/aromatic N) is 2. The second kappa shape index (κ2) is 4.44. The molecule has 3 rings (SSSR count). The van der Waals surface area contributed by atoms with E-state index in [9.17, 15) is 5.11 Å². The third-order valence-electron chi connectivity index (χ3n) is 3.10. The minimum absolute atomic E-state index is 0.117. The lowest BCUT2D eigenvalue weighted by atomic mass is 10.3. The molecule has 0 bridgehead atoms. The highest BCUT2D eigenvalue weighted by atomic mass is 16.3. The molecule has 2 heterocycles. The third kappa shape index (κ3) is 2.08. The SMILES string of the molecule is Cc1ccc(Cn2c(CO)nc3cc(N)ccc32)o1. The first kappa shape index (κ1) is 11.8. The largest absolute Gasteiger partial charge is 0.464 e. The number of nitrogen functional groups attached to an aromatic ring is 1. The Hall–Kier alpha value is -2.27. The topological polar surface area (TPSA) is 77.2 Å². The summed E-state index contributed by atoms with van der Waals surface area (Å²) in [5.74, 6) is 2.31. The van der Waals surface area contributed by atoms with Crippen molar-refractivity contribution >= 4 is 16.7 Å². The van der Waals surface area contributed by atoms with Crippen LogP contribution in [0.1, 0.15) is 17.3 Å². The summed E-state index contributed by atoms with van der Waals surface area (Å²) < 4.78 is 7.51. The maximum absolute atomic E-state index is 9.43. The van der Waals surface area contributed by atoms with Crippen molar-refractivity contribution in [2.45, 2.75) is 20.1 Å². The van der Waals surface area contributed by atoms with Crippen molar-refractivity contribution in [3.8, 4) is 0 Å². The van der Waals surface area contributed by atoms with Gasteiger partial charge in [-0.15, -0.1) is 0 Å². The van der Waals surface area contributed by atoms with Gasteiger partial charge in [0.2, 0.25) is 0 Å². The van der Waals surface area contributed by atoms with Crippen molar-refractivity contribution in [2.24, 2.45) is 0 Å². The van der Waals surface area contributed by atoms with E-state index in [4.69, 9.17) is 10.2 Å². The number of benzene rings is 1. The number of rotatable bonds is 3. The van der Waals surface area contributed by atoms with Gasteiger partial charge in [0.05, 0.1) is 17.6 Å². The Morgan fingerprint density at radius 3 is 2.84 bits per heavy atom. The molecule has 98 valence electrons. The van der Waals surface area contributed by atoms with Crippen LogP contribution < -0.4 is 5.73 Å². The van der Waals surface area contributed by atoms with Crippen LogP contribution in [-0.2, 0) is 13.2 Å². The summed E-state index contributed by atoms with van der Waals surface area (Å²) in [7, 11) is 0. The van der Waals surface area contributed by atoms with Gasteiger partial charge >= 0.3 is 0 Å². The Labute approximate surface area is 110 Å². The lowest BCUT2D eigenvalue weighted by molar-refractivity contribution is 0.266. The van der Waals surface area contributed by atoms with Gasteiger partial charge in [0.1, 0.15) is 24.0 Å². The minimum Gasteiger partial charge on any atom is -0.464 e. The summed E-state index contributed by atoms with van der Waals surface area (Å²) in [4.78, 5) is 4.39. The highest BCUT2D eigenvalue weighted by Gasteiger charge is 2.12. The van der Waals surface area contributed by atoms with Gasteiger partial charge in [-0.05, 0) is 37.3 Å². The number of anilines is 1. The fourth-order valence-electron chi connectivity index (χ4n) is 2.22. The number of aliphatic hydroxyl groups excluding tert-OH is 1. The molecule has 19 heavy (non-hydrogen) atoms. The number of aromatic nitrogens is 2. The normalized spacial score (nSPS) is 11.3. The molecule has 3 N–H and O–H groups in total. The lowest BCUT2D eigenvalue weighted by Gasteiger charge is -2.05. The summed E-state index contributed by atoms with van der Waals surface area (Å²) in [6.45, 7) is 2.33. The monoisotopic (exact) mass is 257 g/mol. The van der Waals surface area contributed by atoms with E-state index in [2.05, 4.69) is 4.98 Å². The second-order valence-electron chi connectivity index (χ2n) is 4.53. The Bertz CT molecular complexity index is 727. The van der Waals surface area contributed by atoms with Gasteiger partial charge in [0.15, 0.2) is 0 Å². The molecule has 0 radical (unpaired) electrons. The highest BCUT2D eigenvalue weighted by Crippen LogP contribution is 2.21. The molecule has 0 amide bonds. The smallest absolute Gasteiger partial charge is 0.136 e. The number of furan rings is 1. The molecule has 0 aliphatic carbocycles. The average Bonchev–Trinajstić information content (AvgIpc) is 2.94.